The van der Waals surface area contributed by atoms with Crippen molar-refractivity contribution in [1.29, 1.82) is 0 Å². The minimum absolute atomic E-state index is 0.0668. The number of fused-ring (bicyclic) bond motifs is 2. The maximum absolute atomic E-state index is 15.0. The number of hydrogen-bond donors (Lipinski definition) is 4. The quantitative estimate of drug-likeness (QED) is 0.245. The first-order chi connectivity index (χ1) is 18.6. The number of pyridine rings is 2. The second-order valence-corrected chi connectivity index (χ2v) is 10.9. The summed E-state index contributed by atoms with van der Waals surface area (Å²) in [5.41, 5.74) is 10.5. The van der Waals surface area contributed by atoms with Crippen LogP contribution in [0.1, 0.15) is 5.56 Å². The summed E-state index contributed by atoms with van der Waals surface area (Å²) in [6, 6.07) is 10.8. The van der Waals surface area contributed by atoms with Crippen molar-refractivity contribution in [2.75, 3.05) is 12.0 Å². The van der Waals surface area contributed by atoms with E-state index in [-0.39, 0.29) is 12.1 Å². The molecule has 0 aliphatic carbocycles. The van der Waals surface area contributed by atoms with Crippen molar-refractivity contribution in [3.8, 4) is 33.8 Å². The fourth-order valence-electron chi connectivity index (χ4n) is 4.43. The molecule has 0 fully saturated rings. The molecule has 0 aliphatic heterocycles. The summed E-state index contributed by atoms with van der Waals surface area (Å²) in [6.07, 6.45) is 5.67. The van der Waals surface area contributed by atoms with Crippen LogP contribution in [-0.2, 0) is 16.6 Å². The molecular weight excluding hydrogens is 526 g/mol. The topological polar surface area (TPSA) is 155 Å². The van der Waals surface area contributed by atoms with Crippen molar-refractivity contribution < 1.29 is 17.2 Å². The molecule has 10 nitrogen and oxygen atoms in total. The van der Waals surface area contributed by atoms with Crippen molar-refractivity contribution >= 4 is 37.8 Å². The molecule has 5 N–H and O–H groups in total. The van der Waals surface area contributed by atoms with Gasteiger partial charge in [0.1, 0.15) is 17.0 Å². The molecule has 4 aromatic heterocycles. The predicted molar refractivity (Wildman–Crippen MR) is 144 cm³/mol. The van der Waals surface area contributed by atoms with Crippen LogP contribution in [0, 0.1) is 11.6 Å². The van der Waals surface area contributed by atoms with Gasteiger partial charge in [0.25, 0.3) is 0 Å². The van der Waals surface area contributed by atoms with Crippen LogP contribution in [0.5, 0.6) is 0 Å². The summed E-state index contributed by atoms with van der Waals surface area (Å²) in [4.78, 5) is 16.2. The Kier molecular flexibility index (Phi) is 5.81. The summed E-state index contributed by atoms with van der Waals surface area (Å²) >= 11 is 0. The van der Waals surface area contributed by atoms with E-state index in [1.807, 2.05) is 0 Å². The van der Waals surface area contributed by atoms with Gasteiger partial charge in [-0.1, -0.05) is 0 Å². The lowest BCUT2D eigenvalue weighted by Gasteiger charge is -2.08. The van der Waals surface area contributed by atoms with Crippen LogP contribution in [0.4, 0.5) is 14.5 Å². The minimum Gasteiger partial charge on any atom is -0.397 e. The van der Waals surface area contributed by atoms with Crippen molar-refractivity contribution in [2.45, 2.75) is 6.54 Å². The van der Waals surface area contributed by atoms with E-state index in [9.17, 15) is 12.8 Å². The third-order valence-corrected chi connectivity index (χ3v) is 6.81. The fourth-order valence-corrected chi connectivity index (χ4v) is 4.86. The summed E-state index contributed by atoms with van der Waals surface area (Å²) in [6.45, 7) is -0.0668. The number of nitrogens with zero attached hydrogens (tertiary/aromatic N) is 4. The van der Waals surface area contributed by atoms with E-state index in [1.54, 1.807) is 30.5 Å². The van der Waals surface area contributed by atoms with Crippen molar-refractivity contribution in [2.24, 2.45) is 0 Å². The van der Waals surface area contributed by atoms with Crippen LogP contribution in [0.25, 0.3) is 55.8 Å². The van der Waals surface area contributed by atoms with Gasteiger partial charge in [-0.3, -0.25) is 10.1 Å². The van der Waals surface area contributed by atoms with Gasteiger partial charge in [0, 0.05) is 41.6 Å². The molecule has 0 unspecified atom stereocenters. The molecule has 2 aromatic carbocycles. The third-order valence-electron chi connectivity index (χ3n) is 6.14. The number of rotatable bonds is 6. The lowest BCUT2D eigenvalue weighted by Crippen LogP contribution is -2.21. The number of anilines is 1. The number of aromatic amines is 2. The predicted octanol–water partition coefficient (Wildman–Crippen LogP) is 4.14. The van der Waals surface area contributed by atoms with Crippen LogP contribution in [0.3, 0.4) is 0 Å². The number of hydrogen-bond acceptors (Lipinski definition) is 7. The first kappa shape index (κ1) is 24.6. The van der Waals surface area contributed by atoms with E-state index < -0.39 is 21.7 Å². The smallest absolute Gasteiger partial charge is 0.209 e. The molecule has 0 atom stereocenters. The lowest BCUT2D eigenvalue weighted by molar-refractivity contribution is 0.586. The molecule has 13 heteroatoms. The van der Waals surface area contributed by atoms with Gasteiger partial charge in [0.2, 0.25) is 10.0 Å². The maximum atomic E-state index is 15.0. The fraction of sp³-hybridized carbons (Fsp3) is 0.0769. The standard InChI is InChI=1S/C26H20F2N8O2S/c1-39(37,38)32-10-13-4-15(6-17(27)5-13)19-2-3-31-25-23(19)33-26(34-25)24-20-8-14(9-21(28)22(20)35-36-24)16-7-18(29)12-30-11-16/h2-9,11-12,32H,10,29H2,1H3,(H,35,36)(H,31,33,34). The Bertz CT molecular complexity index is 2000. The van der Waals surface area contributed by atoms with Crippen LogP contribution in [0.15, 0.2) is 61.1 Å². The van der Waals surface area contributed by atoms with Gasteiger partial charge in [-0.15, -0.1) is 0 Å². The average molecular weight is 547 g/mol. The molecule has 0 aliphatic rings. The third kappa shape index (κ3) is 4.80. The molecule has 39 heavy (non-hydrogen) atoms. The Labute approximate surface area is 220 Å². The molecule has 196 valence electrons. The van der Waals surface area contributed by atoms with E-state index in [2.05, 4.69) is 34.9 Å². The first-order valence-electron chi connectivity index (χ1n) is 11.6. The van der Waals surface area contributed by atoms with Gasteiger partial charge in [0.15, 0.2) is 17.3 Å². The minimum atomic E-state index is -3.46. The monoisotopic (exact) mass is 546 g/mol. The Morgan fingerprint density at radius 2 is 1.87 bits per heavy atom. The SMILES string of the molecule is CS(=O)(=O)NCc1cc(F)cc(-c2ccnc3nc(-c4[nH]nc5c(F)cc(-c6cncc(N)c6)cc45)[nH]c23)c1. The molecule has 0 bridgehead atoms. The zero-order valence-electron chi connectivity index (χ0n) is 20.3. The molecule has 6 aromatic rings. The molecule has 0 saturated heterocycles. The molecular formula is C26H20F2N8O2S. The number of nitrogen functional groups attached to an aromatic ring is 1. The lowest BCUT2D eigenvalue weighted by atomic mass is 10.0. The van der Waals surface area contributed by atoms with Gasteiger partial charge < -0.3 is 10.7 Å². The van der Waals surface area contributed by atoms with E-state index in [1.165, 1.54) is 30.6 Å². The van der Waals surface area contributed by atoms with E-state index in [0.29, 0.717) is 61.6 Å². The van der Waals surface area contributed by atoms with Crippen LogP contribution >= 0.6 is 0 Å². The van der Waals surface area contributed by atoms with Crippen LogP contribution in [-0.4, -0.2) is 44.8 Å². The van der Waals surface area contributed by atoms with Gasteiger partial charge in [-0.25, -0.2) is 31.9 Å². The number of H-pyrrole nitrogens is 2. The zero-order valence-corrected chi connectivity index (χ0v) is 21.1. The molecule has 4 heterocycles. The number of imidazole rings is 1. The van der Waals surface area contributed by atoms with Crippen molar-refractivity contribution in [1.82, 2.24) is 34.9 Å². The zero-order chi connectivity index (χ0) is 27.3. The molecule has 6 rings (SSSR count). The van der Waals surface area contributed by atoms with E-state index in [4.69, 9.17) is 5.73 Å². The highest BCUT2D eigenvalue weighted by Gasteiger charge is 2.19. The van der Waals surface area contributed by atoms with Crippen molar-refractivity contribution in [3.05, 3.63) is 78.3 Å². The summed E-state index contributed by atoms with van der Waals surface area (Å²) in [7, 11) is -3.46. The first-order valence-corrected chi connectivity index (χ1v) is 13.5. The normalized spacial score (nSPS) is 12.0. The largest absolute Gasteiger partial charge is 0.397 e. The molecule has 0 saturated carbocycles. The summed E-state index contributed by atoms with van der Waals surface area (Å²) < 4.78 is 54.9. The second-order valence-electron chi connectivity index (χ2n) is 9.04. The van der Waals surface area contributed by atoms with Gasteiger partial charge in [-0.05, 0) is 59.2 Å². The highest BCUT2D eigenvalue weighted by atomic mass is 32.2. The Morgan fingerprint density at radius 3 is 2.67 bits per heavy atom. The van der Waals surface area contributed by atoms with Gasteiger partial charge in [-0.2, -0.15) is 5.10 Å². The second kappa shape index (κ2) is 9.22. The Balaban J connectivity index is 1.46. The number of nitrogens with one attached hydrogen (secondary N) is 3. The van der Waals surface area contributed by atoms with Crippen molar-refractivity contribution in [3.63, 3.8) is 0 Å². The number of aromatic nitrogens is 6. The van der Waals surface area contributed by atoms with E-state index in [0.717, 1.165) is 6.26 Å². The highest BCUT2D eigenvalue weighted by molar-refractivity contribution is 7.88. The summed E-state index contributed by atoms with van der Waals surface area (Å²) in [5.74, 6) is -0.705. The van der Waals surface area contributed by atoms with Crippen LogP contribution < -0.4 is 10.5 Å². The average Bonchev–Trinajstić information content (AvgIpc) is 3.51. The molecule has 0 spiro atoms. The Morgan fingerprint density at radius 1 is 1.03 bits per heavy atom. The Hall–Kier alpha value is -4.75. The number of sulfonamides is 1. The summed E-state index contributed by atoms with van der Waals surface area (Å²) in [5, 5.41) is 7.47. The number of halogens is 2. The highest BCUT2D eigenvalue weighted by Crippen LogP contribution is 2.34. The molecule has 0 amide bonds. The molecule has 0 radical (unpaired) electrons. The van der Waals surface area contributed by atoms with Gasteiger partial charge in [0.05, 0.1) is 17.5 Å². The number of nitrogens with two attached hydrogens (primary N) is 1. The number of benzene rings is 2. The van der Waals surface area contributed by atoms with Crippen LogP contribution in [0.2, 0.25) is 0 Å². The maximum Gasteiger partial charge on any atom is 0.209 e. The van der Waals surface area contributed by atoms with E-state index >= 15 is 4.39 Å². The van der Waals surface area contributed by atoms with Gasteiger partial charge >= 0.3 is 0 Å².